The van der Waals surface area contributed by atoms with E-state index in [0.717, 1.165) is 32.0 Å². The van der Waals surface area contributed by atoms with Gasteiger partial charge in [-0.3, -0.25) is 0 Å². The van der Waals surface area contributed by atoms with Crippen LogP contribution in [0.4, 0.5) is 0 Å². The summed E-state index contributed by atoms with van der Waals surface area (Å²) in [4.78, 5) is 0. The number of hydrogen-bond acceptors (Lipinski definition) is 2. The van der Waals surface area contributed by atoms with Crippen molar-refractivity contribution >= 4 is 22.6 Å². The Balaban J connectivity index is 1.94. The molecule has 14 heavy (non-hydrogen) atoms. The fourth-order valence-electron chi connectivity index (χ4n) is 2.20. The molecule has 0 unspecified atom stereocenters. The van der Waals surface area contributed by atoms with Gasteiger partial charge in [-0.2, -0.15) is 0 Å². The molecule has 2 aliphatic rings. The third kappa shape index (κ3) is 2.25. The molecule has 0 amide bonds. The van der Waals surface area contributed by atoms with Crippen molar-refractivity contribution in [2.75, 3.05) is 17.6 Å². The van der Waals surface area contributed by atoms with E-state index in [1.54, 1.807) is 0 Å². The van der Waals surface area contributed by atoms with Crippen molar-refractivity contribution in [3.05, 3.63) is 0 Å². The number of alkyl halides is 1. The van der Waals surface area contributed by atoms with Crippen molar-refractivity contribution in [1.82, 2.24) is 0 Å². The van der Waals surface area contributed by atoms with Crippen LogP contribution in [0.1, 0.15) is 33.1 Å². The second kappa shape index (κ2) is 3.91. The highest BCUT2D eigenvalue weighted by atomic mass is 127. The van der Waals surface area contributed by atoms with Gasteiger partial charge in [-0.15, -0.1) is 0 Å². The quantitative estimate of drug-likeness (QED) is 0.547. The van der Waals surface area contributed by atoms with Gasteiger partial charge in [-0.05, 0) is 12.3 Å². The molecular formula is C11H19IO2. The Morgan fingerprint density at radius 1 is 1.29 bits per heavy atom. The smallest absolute Gasteiger partial charge is 0.168 e. The van der Waals surface area contributed by atoms with Gasteiger partial charge in [-0.25, -0.2) is 0 Å². The molecule has 3 heteroatoms. The van der Waals surface area contributed by atoms with Gasteiger partial charge >= 0.3 is 0 Å². The molecule has 0 radical (unpaired) electrons. The molecule has 1 aliphatic carbocycles. The second-order valence-electron chi connectivity index (χ2n) is 5.42. The number of halogens is 1. The highest BCUT2D eigenvalue weighted by molar-refractivity contribution is 14.1. The summed E-state index contributed by atoms with van der Waals surface area (Å²) in [6.07, 6.45) is 3.46. The first-order valence-electron chi connectivity index (χ1n) is 5.39. The van der Waals surface area contributed by atoms with Gasteiger partial charge in [0.2, 0.25) is 0 Å². The van der Waals surface area contributed by atoms with Crippen molar-refractivity contribution < 1.29 is 9.47 Å². The molecule has 1 atom stereocenters. The van der Waals surface area contributed by atoms with Crippen LogP contribution in [0, 0.1) is 11.3 Å². The highest BCUT2D eigenvalue weighted by Gasteiger charge is 2.45. The van der Waals surface area contributed by atoms with Crippen molar-refractivity contribution in [2.45, 2.75) is 38.9 Å². The van der Waals surface area contributed by atoms with Crippen LogP contribution in [0.3, 0.4) is 0 Å². The average molecular weight is 310 g/mol. The van der Waals surface area contributed by atoms with Gasteiger partial charge < -0.3 is 9.47 Å². The van der Waals surface area contributed by atoms with E-state index >= 15 is 0 Å². The van der Waals surface area contributed by atoms with Crippen LogP contribution in [0.15, 0.2) is 0 Å². The minimum absolute atomic E-state index is 0.202. The summed E-state index contributed by atoms with van der Waals surface area (Å²) in [5, 5.41) is 0. The van der Waals surface area contributed by atoms with E-state index < -0.39 is 0 Å². The summed E-state index contributed by atoms with van der Waals surface area (Å²) in [5.41, 5.74) is 0.202. The maximum absolute atomic E-state index is 5.95. The van der Waals surface area contributed by atoms with Crippen LogP contribution >= 0.6 is 22.6 Å². The van der Waals surface area contributed by atoms with E-state index in [9.17, 15) is 0 Å². The lowest BCUT2D eigenvalue weighted by Gasteiger charge is -2.41. The molecule has 1 spiro atoms. The Kier molecular flexibility index (Phi) is 3.11. The second-order valence-corrected chi connectivity index (χ2v) is 6.30. The summed E-state index contributed by atoms with van der Waals surface area (Å²) in [6, 6.07) is 0. The van der Waals surface area contributed by atoms with E-state index in [-0.39, 0.29) is 11.2 Å². The molecule has 0 aromatic heterocycles. The number of ether oxygens (including phenoxy) is 2. The predicted molar refractivity (Wildman–Crippen MR) is 64.6 cm³/mol. The Hall–Kier alpha value is 0.650. The van der Waals surface area contributed by atoms with Crippen molar-refractivity contribution in [3.8, 4) is 0 Å². The van der Waals surface area contributed by atoms with Gasteiger partial charge in [0.15, 0.2) is 5.79 Å². The Labute approximate surface area is 99.9 Å². The monoisotopic (exact) mass is 310 g/mol. The van der Waals surface area contributed by atoms with Crippen LogP contribution in [0.25, 0.3) is 0 Å². The van der Waals surface area contributed by atoms with E-state index in [2.05, 4.69) is 36.4 Å². The third-order valence-electron chi connectivity index (χ3n) is 3.20. The first-order chi connectivity index (χ1) is 6.55. The van der Waals surface area contributed by atoms with Crippen LogP contribution in [-0.2, 0) is 9.47 Å². The maximum Gasteiger partial charge on any atom is 0.168 e. The molecule has 2 rings (SSSR count). The largest absolute Gasteiger partial charge is 0.349 e. The zero-order valence-electron chi connectivity index (χ0n) is 9.01. The summed E-state index contributed by atoms with van der Waals surface area (Å²) >= 11 is 2.46. The third-order valence-corrected chi connectivity index (χ3v) is 4.45. The van der Waals surface area contributed by atoms with Gasteiger partial charge in [0.25, 0.3) is 0 Å². The van der Waals surface area contributed by atoms with Gasteiger partial charge in [0.05, 0.1) is 13.2 Å². The van der Waals surface area contributed by atoms with Crippen LogP contribution in [0.2, 0.25) is 0 Å². The highest BCUT2D eigenvalue weighted by Crippen LogP contribution is 2.43. The lowest BCUT2D eigenvalue weighted by Crippen LogP contribution is -2.46. The Morgan fingerprint density at radius 2 is 1.93 bits per heavy atom. The summed E-state index contributed by atoms with van der Waals surface area (Å²) in [5.74, 6) is 0.600. The van der Waals surface area contributed by atoms with Crippen LogP contribution in [0.5, 0.6) is 0 Å². The molecule has 1 aliphatic heterocycles. The van der Waals surface area contributed by atoms with Gasteiger partial charge in [0, 0.05) is 22.7 Å². The molecule has 2 nitrogen and oxygen atoms in total. The zero-order valence-corrected chi connectivity index (χ0v) is 11.2. The summed E-state index contributed by atoms with van der Waals surface area (Å²) < 4.78 is 13.1. The van der Waals surface area contributed by atoms with E-state index in [0.29, 0.717) is 0 Å². The fraction of sp³-hybridized carbons (Fsp3) is 1.00. The molecular weight excluding hydrogens is 291 g/mol. The molecule has 0 N–H and O–H groups in total. The number of hydrogen-bond donors (Lipinski definition) is 0. The van der Waals surface area contributed by atoms with E-state index in [4.69, 9.17) is 9.47 Å². The molecule has 2 fully saturated rings. The summed E-state index contributed by atoms with van der Waals surface area (Å²) in [7, 11) is 0. The Morgan fingerprint density at radius 3 is 2.43 bits per heavy atom. The molecule has 1 saturated carbocycles. The average Bonchev–Trinajstić information content (AvgIpc) is 2.56. The maximum atomic E-state index is 5.95. The first kappa shape index (κ1) is 11.1. The molecule has 1 heterocycles. The standard InChI is InChI=1S/C11H19IO2/c1-10(2)7-13-11(14-8-10)4-3-9(5-11)6-12/h9H,3-8H2,1-2H3/t9-/m0/s1. The molecule has 0 aromatic carbocycles. The van der Waals surface area contributed by atoms with Gasteiger partial charge in [0.1, 0.15) is 0 Å². The minimum Gasteiger partial charge on any atom is -0.349 e. The molecule has 0 aromatic rings. The molecule has 82 valence electrons. The molecule has 0 bridgehead atoms. The van der Waals surface area contributed by atoms with Crippen molar-refractivity contribution in [2.24, 2.45) is 11.3 Å². The van der Waals surface area contributed by atoms with E-state index in [1.807, 2.05) is 0 Å². The summed E-state index contributed by atoms with van der Waals surface area (Å²) in [6.45, 7) is 6.09. The first-order valence-corrected chi connectivity index (χ1v) is 6.92. The Bertz CT molecular complexity index is 205. The van der Waals surface area contributed by atoms with Crippen molar-refractivity contribution in [3.63, 3.8) is 0 Å². The number of rotatable bonds is 1. The minimum atomic E-state index is -0.203. The predicted octanol–water partition coefficient (Wildman–Crippen LogP) is 2.99. The van der Waals surface area contributed by atoms with Gasteiger partial charge in [-0.1, -0.05) is 36.4 Å². The normalized spacial score (nSPS) is 34.9. The topological polar surface area (TPSA) is 18.5 Å². The fourth-order valence-corrected chi connectivity index (χ4v) is 2.95. The van der Waals surface area contributed by atoms with E-state index in [1.165, 1.54) is 10.8 Å². The lowest BCUT2D eigenvalue weighted by molar-refractivity contribution is -0.295. The van der Waals surface area contributed by atoms with Crippen molar-refractivity contribution in [1.29, 1.82) is 0 Å². The zero-order chi connectivity index (χ0) is 10.2. The van der Waals surface area contributed by atoms with Crippen LogP contribution in [-0.4, -0.2) is 23.4 Å². The molecule has 1 saturated heterocycles. The van der Waals surface area contributed by atoms with Crippen LogP contribution < -0.4 is 0 Å². The SMILES string of the molecule is CC1(C)COC2(CC[C@H](CI)C2)OC1. The lowest BCUT2D eigenvalue weighted by atomic mass is 9.94.